The molecule has 0 heterocycles. The molecule has 0 spiro atoms. The maximum Gasteiger partial charge on any atom is 0.347 e. The van der Waals surface area contributed by atoms with Gasteiger partial charge in [0.25, 0.3) is 0 Å². The SMILES string of the molecule is CC(C)(Oc1ccc(N(C(N)=O)c2ccccc2)cc1)C(=O)O. The van der Waals surface area contributed by atoms with Crippen LogP contribution in [-0.2, 0) is 4.79 Å². The highest BCUT2D eigenvalue weighted by molar-refractivity contribution is 5.98. The molecule has 6 heteroatoms. The minimum absolute atomic E-state index is 0.388. The van der Waals surface area contributed by atoms with Crippen LogP contribution in [0.15, 0.2) is 54.6 Å². The van der Waals surface area contributed by atoms with Gasteiger partial charge in [0, 0.05) is 0 Å². The molecule has 23 heavy (non-hydrogen) atoms. The lowest BCUT2D eigenvalue weighted by atomic mass is 10.1. The monoisotopic (exact) mass is 314 g/mol. The Morgan fingerprint density at radius 3 is 2.00 bits per heavy atom. The van der Waals surface area contributed by atoms with Gasteiger partial charge in [-0.1, -0.05) is 18.2 Å². The topological polar surface area (TPSA) is 92.9 Å². The Bertz CT molecular complexity index is 696. The van der Waals surface area contributed by atoms with Gasteiger partial charge in [-0.25, -0.2) is 9.59 Å². The Hall–Kier alpha value is -3.02. The second kappa shape index (κ2) is 6.39. The maximum atomic E-state index is 11.7. The van der Waals surface area contributed by atoms with Gasteiger partial charge in [0.2, 0.25) is 0 Å². The number of hydrogen-bond donors (Lipinski definition) is 2. The number of para-hydroxylation sites is 1. The zero-order chi connectivity index (χ0) is 17.0. The standard InChI is InChI=1S/C17H18N2O4/c1-17(2,15(20)21)23-14-10-8-13(9-11-14)19(16(18)22)12-6-4-3-5-7-12/h3-11H,1-2H3,(H2,18,22)(H,20,21). The fraction of sp³-hybridized carbons (Fsp3) is 0.176. The molecule has 0 aliphatic carbocycles. The van der Waals surface area contributed by atoms with Crippen LogP contribution < -0.4 is 15.4 Å². The predicted octanol–water partition coefficient (Wildman–Crippen LogP) is 3.15. The van der Waals surface area contributed by atoms with E-state index in [1.54, 1.807) is 48.5 Å². The second-order valence-corrected chi connectivity index (χ2v) is 5.42. The van der Waals surface area contributed by atoms with Crippen molar-refractivity contribution in [2.75, 3.05) is 4.90 Å². The molecule has 6 nitrogen and oxygen atoms in total. The Kier molecular flexibility index (Phi) is 4.55. The number of urea groups is 1. The highest BCUT2D eigenvalue weighted by Gasteiger charge is 2.29. The van der Waals surface area contributed by atoms with Crippen molar-refractivity contribution in [3.05, 3.63) is 54.6 Å². The van der Waals surface area contributed by atoms with E-state index in [2.05, 4.69) is 0 Å². The molecule has 0 radical (unpaired) electrons. The molecule has 2 aromatic carbocycles. The van der Waals surface area contributed by atoms with Gasteiger partial charge in [-0.05, 0) is 50.2 Å². The van der Waals surface area contributed by atoms with Crippen LogP contribution in [0.5, 0.6) is 5.75 Å². The number of nitrogens with two attached hydrogens (primary N) is 1. The minimum atomic E-state index is -1.34. The van der Waals surface area contributed by atoms with E-state index < -0.39 is 17.6 Å². The van der Waals surface area contributed by atoms with Gasteiger partial charge in [-0.2, -0.15) is 0 Å². The summed E-state index contributed by atoms with van der Waals surface area (Å²) in [6.45, 7) is 2.92. The molecule has 2 aromatic rings. The first kappa shape index (κ1) is 16.4. The number of aliphatic carboxylic acids is 1. The summed E-state index contributed by atoms with van der Waals surface area (Å²) in [7, 11) is 0. The van der Waals surface area contributed by atoms with Crippen LogP contribution in [0.1, 0.15) is 13.8 Å². The summed E-state index contributed by atoms with van der Waals surface area (Å²) in [4.78, 5) is 24.2. The van der Waals surface area contributed by atoms with Crippen LogP contribution in [0.2, 0.25) is 0 Å². The lowest BCUT2D eigenvalue weighted by molar-refractivity contribution is -0.152. The van der Waals surface area contributed by atoms with Gasteiger partial charge in [0.15, 0.2) is 5.60 Å². The molecule has 0 saturated heterocycles. The van der Waals surface area contributed by atoms with Crippen LogP contribution in [0, 0.1) is 0 Å². The number of carbonyl (C=O) groups excluding carboxylic acids is 1. The Morgan fingerprint density at radius 1 is 1.00 bits per heavy atom. The molecule has 2 rings (SSSR count). The van der Waals surface area contributed by atoms with Crippen molar-refractivity contribution in [1.82, 2.24) is 0 Å². The van der Waals surface area contributed by atoms with Crippen LogP contribution in [0.25, 0.3) is 0 Å². The number of nitrogens with zero attached hydrogens (tertiary/aromatic N) is 1. The van der Waals surface area contributed by atoms with Gasteiger partial charge >= 0.3 is 12.0 Å². The fourth-order valence-corrected chi connectivity index (χ4v) is 1.98. The fourth-order valence-electron chi connectivity index (χ4n) is 1.98. The number of carboxylic acid groups (broad SMARTS) is 1. The van der Waals surface area contributed by atoms with Gasteiger partial charge in [-0.3, -0.25) is 4.90 Å². The molecular weight excluding hydrogens is 296 g/mol. The largest absolute Gasteiger partial charge is 0.478 e. The number of rotatable bonds is 5. The number of carbonyl (C=O) groups is 2. The van der Waals surface area contributed by atoms with Crippen LogP contribution in [0.3, 0.4) is 0 Å². The van der Waals surface area contributed by atoms with E-state index in [4.69, 9.17) is 15.6 Å². The number of benzene rings is 2. The third-order valence-corrected chi connectivity index (χ3v) is 3.22. The summed E-state index contributed by atoms with van der Waals surface area (Å²) in [5, 5.41) is 9.07. The van der Waals surface area contributed by atoms with Crippen molar-refractivity contribution in [2.45, 2.75) is 19.4 Å². The number of amides is 2. The Balaban J connectivity index is 2.27. The molecule has 0 aliphatic rings. The van der Waals surface area contributed by atoms with Crippen molar-refractivity contribution in [3.63, 3.8) is 0 Å². The summed E-state index contributed by atoms with van der Waals surface area (Å²) in [5.41, 5.74) is 5.31. The number of carboxylic acids is 1. The molecule has 0 unspecified atom stereocenters. The average Bonchev–Trinajstić information content (AvgIpc) is 2.49. The van der Waals surface area contributed by atoms with Gasteiger partial charge in [0.1, 0.15) is 5.75 Å². The molecule has 3 N–H and O–H groups in total. The van der Waals surface area contributed by atoms with Crippen molar-refractivity contribution in [3.8, 4) is 5.75 Å². The lowest BCUT2D eigenvalue weighted by Crippen LogP contribution is -2.37. The number of hydrogen-bond acceptors (Lipinski definition) is 3. The summed E-state index contributed by atoms with van der Waals surface area (Å²) < 4.78 is 5.43. The first-order valence-corrected chi connectivity index (χ1v) is 6.98. The summed E-state index contributed by atoms with van der Waals surface area (Å²) in [5.74, 6) is -0.678. The minimum Gasteiger partial charge on any atom is -0.478 e. The Morgan fingerprint density at radius 2 is 1.52 bits per heavy atom. The number of anilines is 2. The molecule has 120 valence electrons. The van der Waals surface area contributed by atoms with E-state index in [-0.39, 0.29) is 0 Å². The highest BCUT2D eigenvalue weighted by atomic mass is 16.5. The normalized spacial score (nSPS) is 10.9. The van der Waals surface area contributed by atoms with E-state index in [1.165, 1.54) is 18.7 Å². The number of primary amides is 1. The van der Waals surface area contributed by atoms with Crippen LogP contribution >= 0.6 is 0 Å². The second-order valence-electron chi connectivity index (χ2n) is 5.42. The average molecular weight is 314 g/mol. The first-order valence-electron chi connectivity index (χ1n) is 6.98. The van der Waals surface area contributed by atoms with Gasteiger partial charge < -0.3 is 15.6 Å². The maximum absolute atomic E-state index is 11.7. The first-order chi connectivity index (χ1) is 10.8. The van der Waals surface area contributed by atoms with Crippen molar-refractivity contribution >= 4 is 23.4 Å². The van der Waals surface area contributed by atoms with Crippen molar-refractivity contribution in [2.24, 2.45) is 5.73 Å². The zero-order valence-electron chi connectivity index (χ0n) is 12.9. The van der Waals surface area contributed by atoms with Crippen LogP contribution in [0.4, 0.5) is 16.2 Å². The molecular formula is C17H18N2O4. The van der Waals surface area contributed by atoms with Gasteiger partial charge in [0.05, 0.1) is 11.4 Å². The van der Waals surface area contributed by atoms with Gasteiger partial charge in [-0.15, -0.1) is 0 Å². The van der Waals surface area contributed by atoms with E-state index >= 15 is 0 Å². The molecule has 0 bridgehead atoms. The zero-order valence-corrected chi connectivity index (χ0v) is 12.9. The molecule has 0 saturated carbocycles. The van der Waals surface area contributed by atoms with E-state index in [9.17, 15) is 9.59 Å². The van der Waals surface area contributed by atoms with Crippen molar-refractivity contribution < 1.29 is 19.4 Å². The third-order valence-electron chi connectivity index (χ3n) is 3.22. The predicted molar refractivity (Wildman–Crippen MR) is 86.9 cm³/mol. The lowest BCUT2D eigenvalue weighted by Gasteiger charge is -2.23. The highest BCUT2D eigenvalue weighted by Crippen LogP contribution is 2.28. The summed E-state index contributed by atoms with van der Waals surface area (Å²) in [6.07, 6.45) is 0. The summed E-state index contributed by atoms with van der Waals surface area (Å²) >= 11 is 0. The van der Waals surface area contributed by atoms with Crippen LogP contribution in [-0.4, -0.2) is 22.7 Å². The quantitative estimate of drug-likeness (QED) is 0.886. The molecule has 0 aromatic heterocycles. The molecule has 0 aliphatic heterocycles. The third kappa shape index (κ3) is 3.79. The van der Waals surface area contributed by atoms with E-state index in [1.807, 2.05) is 6.07 Å². The molecule has 2 amide bonds. The molecule has 0 fully saturated rings. The van der Waals surface area contributed by atoms with Crippen molar-refractivity contribution in [1.29, 1.82) is 0 Å². The number of ether oxygens (including phenoxy) is 1. The Labute approximate surface area is 134 Å². The van der Waals surface area contributed by atoms with E-state index in [0.29, 0.717) is 17.1 Å². The summed E-state index contributed by atoms with van der Waals surface area (Å²) in [6, 6.07) is 14.8. The smallest absolute Gasteiger partial charge is 0.347 e. The molecule has 0 atom stereocenters. The van der Waals surface area contributed by atoms with E-state index in [0.717, 1.165) is 0 Å².